The zero-order valence-electron chi connectivity index (χ0n) is 9.81. The largest absolute Gasteiger partial charge is 0.296 e. The second-order valence-electron chi connectivity index (χ2n) is 4.11. The van der Waals surface area contributed by atoms with Crippen molar-refractivity contribution in [1.29, 1.82) is 0 Å². The second kappa shape index (κ2) is 5.94. The quantitative estimate of drug-likeness (QED) is 0.802. The molecule has 0 unspecified atom stereocenters. The molecule has 0 spiro atoms. The molecule has 0 aliphatic carbocycles. The van der Waals surface area contributed by atoms with Gasteiger partial charge in [0.15, 0.2) is 0 Å². The van der Waals surface area contributed by atoms with Crippen molar-refractivity contribution in [3.63, 3.8) is 0 Å². The van der Waals surface area contributed by atoms with E-state index in [-0.39, 0.29) is 0 Å². The minimum Gasteiger partial charge on any atom is -0.296 e. The summed E-state index contributed by atoms with van der Waals surface area (Å²) in [5.41, 5.74) is 2.41. The number of aromatic nitrogens is 1. The molecule has 1 heterocycles. The predicted octanol–water partition coefficient (Wildman–Crippen LogP) is 3.48. The molecule has 0 aliphatic rings. The van der Waals surface area contributed by atoms with Crippen LogP contribution in [0.25, 0.3) is 0 Å². The summed E-state index contributed by atoms with van der Waals surface area (Å²) >= 11 is 3.39. The first-order valence-corrected chi connectivity index (χ1v) is 6.37. The van der Waals surface area contributed by atoms with Crippen molar-refractivity contribution < 1.29 is 0 Å². The van der Waals surface area contributed by atoms with Gasteiger partial charge in [-0.1, -0.05) is 36.4 Å². The molecule has 88 valence electrons. The standard InChI is InChI=1S/C14H15BrN2/c1-17(10-12-6-3-2-4-7-12)11-13-8-5-9-14(15)16-13/h2-9H,10-11H2,1H3. The van der Waals surface area contributed by atoms with Gasteiger partial charge in [-0.2, -0.15) is 0 Å². The lowest BCUT2D eigenvalue weighted by molar-refractivity contribution is 0.315. The van der Waals surface area contributed by atoms with Gasteiger partial charge in [0.25, 0.3) is 0 Å². The van der Waals surface area contributed by atoms with E-state index in [1.54, 1.807) is 0 Å². The summed E-state index contributed by atoms with van der Waals surface area (Å²) in [6.07, 6.45) is 0. The summed E-state index contributed by atoms with van der Waals surface area (Å²) in [5, 5.41) is 0. The fraction of sp³-hybridized carbons (Fsp3) is 0.214. The zero-order chi connectivity index (χ0) is 12.1. The van der Waals surface area contributed by atoms with Gasteiger partial charge in [-0.25, -0.2) is 4.98 Å². The zero-order valence-corrected chi connectivity index (χ0v) is 11.4. The van der Waals surface area contributed by atoms with Gasteiger partial charge in [-0.05, 0) is 40.7 Å². The molecular formula is C14H15BrN2. The van der Waals surface area contributed by atoms with E-state index in [1.807, 2.05) is 24.3 Å². The van der Waals surface area contributed by atoms with Crippen LogP contribution in [0.5, 0.6) is 0 Å². The number of hydrogen-bond acceptors (Lipinski definition) is 2. The molecule has 2 rings (SSSR count). The van der Waals surface area contributed by atoms with E-state index >= 15 is 0 Å². The van der Waals surface area contributed by atoms with E-state index in [0.717, 1.165) is 23.4 Å². The predicted molar refractivity (Wildman–Crippen MR) is 73.6 cm³/mol. The summed E-state index contributed by atoms with van der Waals surface area (Å²) in [5.74, 6) is 0. The molecule has 2 aromatic rings. The maximum Gasteiger partial charge on any atom is 0.106 e. The van der Waals surface area contributed by atoms with Gasteiger partial charge >= 0.3 is 0 Å². The minimum absolute atomic E-state index is 0.855. The number of hydrogen-bond donors (Lipinski definition) is 0. The molecule has 0 atom stereocenters. The van der Waals surface area contributed by atoms with Crippen LogP contribution in [0.1, 0.15) is 11.3 Å². The van der Waals surface area contributed by atoms with Crippen molar-refractivity contribution in [1.82, 2.24) is 9.88 Å². The summed E-state index contributed by atoms with van der Waals surface area (Å²) in [4.78, 5) is 6.68. The average molecular weight is 291 g/mol. The molecule has 0 amide bonds. The molecule has 0 saturated heterocycles. The molecule has 2 nitrogen and oxygen atoms in total. The number of nitrogens with zero attached hydrogens (tertiary/aromatic N) is 2. The maximum atomic E-state index is 4.43. The van der Waals surface area contributed by atoms with Crippen LogP contribution in [-0.2, 0) is 13.1 Å². The summed E-state index contributed by atoms with van der Waals surface area (Å²) in [6, 6.07) is 16.5. The molecule has 0 radical (unpaired) electrons. The Labute approximate surface area is 110 Å². The Bertz CT molecular complexity index is 471. The van der Waals surface area contributed by atoms with E-state index in [0.29, 0.717) is 0 Å². The highest BCUT2D eigenvalue weighted by Gasteiger charge is 2.02. The Morgan fingerprint density at radius 2 is 1.76 bits per heavy atom. The molecule has 0 bridgehead atoms. The second-order valence-corrected chi connectivity index (χ2v) is 4.92. The van der Waals surface area contributed by atoms with Gasteiger partial charge in [-0.3, -0.25) is 4.90 Å². The van der Waals surface area contributed by atoms with Crippen molar-refractivity contribution in [2.24, 2.45) is 0 Å². The Morgan fingerprint density at radius 1 is 1.00 bits per heavy atom. The molecule has 3 heteroatoms. The summed E-state index contributed by atoms with van der Waals surface area (Å²) in [7, 11) is 2.11. The van der Waals surface area contributed by atoms with E-state index in [1.165, 1.54) is 5.56 Å². The van der Waals surface area contributed by atoms with Crippen LogP contribution in [-0.4, -0.2) is 16.9 Å². The van der Waals surface area contributed by atoms with Crippen LogP contribution in [0.15, 0.2) is 53.1 Å². The van der Waals surface area contributed by atoms with Crippen molar-refractivity contribution in [3.05, 3.63) is 64.4 Å². The lowest BCUT2D eigenvalue weighted by Crippen LogP contribution is -2.17. The van der Waals surface area contributed by atoms with Crippen LogP contribution in [0.4, 0.5) is 0 Å². The van der Waals surface area contributed by atoms with Gasteiger partial charge in [0.05, 0.1) is 5.69 Å². The van der Waals surface area contributed by atoms with Gasteiger partial charge in [0, 0.05) is 13.1 Å². The van der Waals surface area contributed by atoms with Crippen LogP contribution in [0, 0.1) is 0 Å². The van der Waals surface area contributed by atoms with E-state index in [2.05, 4.69) is 57.1 Å². The highest BCUT2D eigenvalue weighted by atomic mass is 79.9. The van der Waals surface area contributed by atoms with E-state index in [9.17, 15) is 0 Å². The third-order valence-electron chi connectivity index (χ3n) is 2.50. The molecule has 0 N–H and O–H groups in total. The third kappa shape index (κ3) is 3.95. The van der Waals surface area contributed by atoms with E-state index < -0.39 is 0 Å². The molecule has 1 aromatic carbocycles. The van der Waals surface area contributed by atoms with Crippen LogP contribution in [0.2, 0.25) is 0 Å². The van der Waals surface area contributed by atoms with Gasteiger partial charge < -0.3 is 0 Å². The lowest BCUT2D eigenvalue weighted by atomic mass is 10.2. The molecule has 1 aromatic heterocycles. The van der Waals surface area contributed by atoms with Crippen LogP contribution in [0.3, 0.4) is 0 Å². The maximum absolute atomic E-state index is 4.43. The van der Waals surface area contributed by atoms with Crippen molar-refractivity contribution in [3.8, 4) is 0 Å². The minimum atomic E-state index is 0.855. The molecule has 17 heavy (non-hydrogen) atoms. The number of benzene rings is 1. The Balaban J connectivity index is 1.96. The fourth-order valence-corrected chi connectivity index (χ4v) is 2.15. The van der Waals surface area contributed by atoms with Crippen molar-refractivity contribution in [2.45, 2.75) is 13.1 Å². The normalized spacial score (nSPS) is 10.8. The highest BCUT2D eigenvalue weighted by Crippen LogP contribution is 2.09. The van der Waals surface area contributed by atoms with Crippen LogP contribution >= 0.6 is 15.9 Å². The van der Waals surface area contributed by atoms with Gasteiger partial charge in [0.2, 0.25) is 0 Å². The molecular weight excluding hydrogens is 276 g/mol. The monoisotopic (exact) mass is 290 g/mol. The average Bonchev–Trinajstić information content (AvgIpc) is 2.30. The smallest absolute Gasteiger partial charge is 0.106 e. The number of halogens is 1. The third-order valence-corrected chi connectivity index (χ3v) is 2.94. The molecule has 0 saturated carbocycles. The van der Waals surface area contributed by atoms with E-state index in [4.69, 9.17) is 0 Å². The number of pyridine rings is 1. The molecule has 0 aliphatic heterocycles. The van der Waals surface area contributed by atoms with Gasteiger partial charge in [0.1, 0.15) is 4.60 Å². The first-order chi connectivity index (χ1) is 8.24. The highest BCUT2D eigenvalue weighted by molar-refractivity contribution is 9.10. The fourth-order valence-electron chi connectivity index (χ4n) is 1.77. The molecule has 0 fully saturated rings. The van der Waals surface area contributed by atoms with Crippen LogP contribution < -0.4 is 0 Å². The lowest BCUT2D eigenvalue weighted by Gasteiger charge is -2.16. The Kier molecular flexibility index (Phi) is 4.29. The van der Waals surface area contributed by atoms with Crippen molar-refractivity contribution >= 4 is 15.9 Å². The topological polar surface area (TPSA) is 16.1 Å². The Morgan fingerprint density at radius 3 is 2.47 bits per heavy atom. The first-order valence-electron chi connectivity index (χ1n) is 5.58. The number of rotatable bonds is 4. The summed E-state index contributed by atoms with van der Waals surface area (Å²) in [6.45, 7) is 1.80. The van der Waals surface area contributed by atoms with Crippen molar-refractivity contribution in [2.75, 3.05) is 7.05 Å². The first kappa shape index (κ1) is 12.3. The Hall–Kier alpha value is -1.19. The summed E-state index contributed by atoms with van der Waals surface area (Å²) < 4.78 is 0.892. The SMILES string of the molecule is CN(Cc1ccccc1)Cc1cccc(Br)n1. The van der Waals surface area contributed by atoms with Gasteiger partial charge in [-0.15, -0.1) is 0 Å².